The number of ketones is 1. The van der Waals surface area contributed by atoms with Crippen LogP contribution >= 0.6 is 0 Å². The minimum absolute atomic E-state index is 0.0826. The van der Waals surface area contributed by atoms with Gasteiger partial charge in [0.2, 0.25) is 18.1 Å². The molecule has 0 bridgehead atoms. The number of cyclic esters (lactones) is 1. The van der Waals surface area contributed by atoms with Crippen LogP contribution < -0.4 is 16.4 Å². The molecule has 10 heteroatoms. The lowest BCUT2D eigenvalue weighted by Gasteiger charge is -2.25. The Balaban J connectivity index is 1.71. The van der Waals surface area contributed by atoms with Crippen molar-refractivity contribution in [3.8, 4) is 0 Å². The maximum Gasteiger partial charge on any atom is 0.310 e. The first-order valence-corrected chi connectivity index (χ1v) is 10.7. The van der Waals surface area contributed by atoms with Crippen LogP contribution in [0.5, 0.6) is 0 Å². The van der Waals surface area contributed by atoms with Gasteiger partial charge in [0.05, 0.1) is 12.3 Å². The highest BCUT2D eigenvalue weighted by Crippen LogP contribution is 2.30. The predicted molar refractivity (Wildman–Crippen MR) is 115 cm³/mol. The quantitative estimate of drug-likeness (QED) is 0.250. The van der Waals surface area contributed by atoms with Gasteiger partial charge in [0, 0.05) is 23.9 Å². The number of carbonyl (C=O) groups is 5. The van der Waals surface area contributed by atoms with Crippen molar-refractivity contribution in [3.63, 3.8) is 0 Å². The summed E-state index contributed by atoms with van der Waals surface area (Å²) in [6.07, 6.45) is 0.296. The molecule has 0 radical (unpaired) electrons. The van der Waals surface area contributed by atoms with E-state index in [1.807, 2.05) is 0 Å². The third-order valence-electron chi connectivity index (χ3n) is 6.02. The van der Waals surface area contributed by atoms with Gasteiger partial charge in [0.25, 0.3) is 5.91 Å². The number of hydrogen-bond acceptors (Lipinski definition) is 7. The Hall–Kier alpha value is -3.53. The Morgan fingerprint density at radius 3 is 2.48 bits per heavy atom. The van der Waals surface area contributed by atoms with Crippen molar-refractivity contribution in [2.24, 2.45) is 23.5 Å². The zero-order valence-corrected chi connectivity index (χ0v) is 18.2. The Morgan fingerprint density at radius 1 is 1.18 bits per heavy atom. The van der Waals surface area contributed by atoms with Crippen LogP contribution in [0, 0.1) is 17.8 Å². The van der Waals surface area contributed by atoms with E-state index in [1.54, 1.807) is 36.4 Å². The summed E-state index contributed by atoms with van der Waals surface area (Å²) < 4.78 is 4.62. The molecular weight excluding hydrogens is 430 g/mol. The van der Waals surface area contributed by atoms with Crippen LogP contribution in [0.2, 0.25) is 0 Å². The van der Waals surface area contributed by atoms with E-state index < -0.39 is 53.7 Å². The van der Waals surface area contributed by atoms with Gasteiger partial charge < -0.3 is 26.2 Å². The van der Waals surface area contributed by atoms with Crippen molar-refractivity contribution >= 4 is 29.5 Å². The van der Waals surface area contributed by atoms with E-state index in [0.29, 0.717) is 11.1 Å². The van der Waals surface area contributed by atoms with E-state index in [1.165, 1.54) is 6.92 Å². The molecule has 1 aliphatic carbocycles. The molecule has 1 heterocycles. The standard InChI is InChI=1S/C23H27N3O7/c1-12(21(30)26-17-10-18(27)33-23(17)32)16-9-13(7-8-15(19(16)28)20(24)29)11-25-22(31)14-5-3-2-4-6-14/h2-7,12,15-17,23,32H,8-11H2,1H3,(H2,24,29)(H,25,31)(H,26,30). The second-order valence-electron chi connectivity index (χ2n) is 8.30. The number of aliphatic hydroxyl groups is 1. The number of Topliss-reactive ketones (excluding diaryl/α,β-unsaturated/α-hetero) is 1. The fraction of sp³-hybridized carbons (Fsp3) is 0.435. The number of hydrogen-bond donors (Lipinski definition) is 4. The Labute approximate surface area is 190 Å². The summed E-state index contributed by atoms with van der Waals surface area (Å²) in [4.78, 5) is 61.4. The molecule has 10 nitrogen and oxygen atoms in total. The molecule has 176 valence electrons. The lowest BCUT2D eigenvalue weighted by atomic mass is 9.80. The number of benzene rings is 1. The number of amides is 3. The number of nitrogens with two attached hydrogens (primary N) is 1. The molecule has 1 aromatic rings. The van der Waals surface area contributed by atoms with Gasteiger partial charge in [-0.15, -0.1) is 0 Å². The highest BCUT2D eigenvalue weighted by Gasteiger charge is 2.41. The van der Waals surface area contributed by atoms with Gasteiger partial charge in [-0.3, -0.25) is 24.0 Å². The summed E-state index contributed by atoms with van der Waals surface area (Å²) in [7, 11) is 0. The molecule has 5 atom stereocenters. The van der Waals surface area contributed by atoms with Crippen LogP contribution in [-0.2, 0) is 23.9 Å². The molecule has 3 amide bonds. The van der Waals surface area contributed by atoms with Crippen molar-refractivity contribution in [2.45, 2.75) is 38.5 Å². The van der Waals surface area contributed by atoms with Crippen molar-refractivity contribution < 1.29 is 33.8 Å². The largest absolute Gasteiger partial charge is 0.434 e. The monoisotopic (exact) mass is 457 g/mol. The normalized spacial score (nSPS) is 25.9. The number of ether oxygens (including phenoxy) is 1. The van der Waals surface area contributed by atoms with E-state index in [0.717, 1.165) is 0 Å². The third kappa shape index (κ3) is 5.83. The molecule has 1 aromatic carbocycles. The Kier molecular flexibility index (Phi) is 7.59. The fourth-order valence-electron chi connectivity index (χ4n) is 4.00. The lowest BCUT2D eigenvalue weighted by Crippen LogP contribution is -2.46. The minimum Gasteiger partial charge on any atom is -0.434 e. The average Bonchev–Trinajstić information content (AvgIpc) is 3.00. The number of allylic oxidation sites excluding steroid dienone is 1. The second kappa shape index (κ2) is 10.4. The maximum atomic E-state index is 13.1. The van der Waals surface area contributed by atoms with Crippen LogP contribution in [0.1, 0.15) is 36.5 Å². The van der Waals surface area contributed by atoms with E-state index in [4.69, 9.17) is 5.73 Å². The van der Waals surface area contributed by atoms with Gasteiger partial charge in [-0.1, -0.05) is 36.8 Å². The minimum atomic E-state index is -1.46. The van der Waals surface area contributed by atoms with E-state index in [-0.39, 0.29) is 31.7 Å². The van der Waals surface area contributed by atoms with E-state index in [2.05, 4.69) is 15.4 Å². The molecule has 5 unspecified atom stereocenters. The van der Waals surface area contributed by atoms with Gasteiger partial charge in [0.1, 0.15) is 11.8 Å². The smallest absolute Gasteiger partial charge is 0.310 e. The highest BCUT2D eigenvalue weighted by molar-refractivity contribution is 6.04. The maximum absolute atomic E-state index is 13.1. The molecule has 0 spiro atoms. The van der Waals surface area contributed by atoms with Crippen molar-refractivity contribution in [3.05, 3.63) is 47.5 Å². The summed E-state index contributed by atoms with van der Waals surface area (Å²) in [5, 5.41) is 15.1. The molecule has 1 fully saturated rings. The van der Waals surface area contributed by atoms with Gasteiger partial charge in [-0.25, -0.2) is 0 Å². The molecule has 5 N–H and O–H groups in total. The van der Waals surface area contributed by atoms with E-state index >= 15 is 0 Å². The van der Waals surface area contributed by atoms with E-state index in [9.17, 15) is 29.1 Å². The van der Waals surface area contributed by atoms with Crippen LogP contribution in [0.4, 0.5) is 0 Å². The number of esters is 1. The van der Waals surface area contributed by atoms with Crippen LogP contribution in [-0.4, -0.2) is 53.5 Å². The molecular formula is C23H27N3O7. The topological polar surface area (TPSA) is 165 Å². The second-order valence-corrected chi connectivity index (χ2v) is 8.30. The van der Waals surface area contributed by atoms with Gasteiger partial charge in [-0.2, -0.15) is 0 Å². The zero-order chi connectivity index (χ0) is 24.1. The lowest BCUT2D eigenvalue weighted by molar-refractivity contribution is -0.155. The number of rotatable bonds is 7. The molecule has 2 aliphatic rings. The molecule has 3 rings (SSSR count). The summed E-state index contributed by atoms with van der Waals surface area (Å²) >= 11 is 0. The Bertz CT molecular complexity index is 976. The van der Waals surface area contributed by atoms with Crippen LogP contribution in [0.3, 0.4) is 0 Å². The predicted octanol–water partition coefficient (Wildman–Crippen LogP) is -0.190. The highest BCUT2D eigenvalue weighted by atomic mass is 16.6. The molecule has 1 aliphatic heterocycles. The van der Waals surface area contributed by atoms with Crippen LogP contribution in [0.25, 0.3) is 0 Å². The first kappa shape index (κ1) is 24.1. The first-order chi connectivity index (χ1) is 15.7. The van der Waals surface area contributed by atoms with Gasteiger partial charge in [-0.05, 0) is 25.0 Å². The summed E-state index contributed by atoms with van der Waals surface area (Å²) in [5.41, 5.74) is 6.60. The third-order valence-corrected chi connectivity index (χ3v) is 6.02. The van der Waals surface area contributed by atoms with Crippen molar-refractivity contribution in [1.29, 1.82) is 0 Å². The molecule has 33 heavy (non-hydrogen) atoms. The number of nitrogens with one attached hydrogen (secondary N) is 2. The summed E-state index contributed by atoms with van der Waals surface area (Å²) in [5.74, 6) is -5.57. The molecule has 0 saturated carbocycles. The van der Waals surface area contributed by atoms with Crippen molar-refractivity contribution in [1.82, 2.24) is 10.6 Å². The fourth-order valence-corrected chi connectivity index (χ4v) is 4.00. The zero-order valence-electron chi connectivity index (χ0n) is 18.2. The van der Waals surface area contributed by atoms with Crippen molar-refractivity contribution in [2.75, 3.05) is 6.54 Å². The van der Waals surface area contributed by atoms with Gasteiger partial charge >= 0.3 is 5.97 Å². The molecule has 0 aromatic heterocycles. The average molecular weight is 457 g/mol. The summed E-state index contributed by atoms with van der Waals surface area (Å²) in [6, 6.07) is 7.71. The van der Waals surface area contributed by atoms with Gasteiger partial charge in [0.15, 0.2) is 0 Å². The summed E-state index contributed by atoms with van der Waals surface area (Å²) in [6.45, 7) is 1.67. The SMILES string of the molecule is CC(C(=O)NC1CC(=O)OC1O)C1CC(CNC(=O)c2ccccc2)=CCC(C(N)=O)C1=O. The Morgan fingerprint density at radius 2 is 1.88 bits per heavy atom. The number of primary amides is 1. The number of carbonyl (C=O) groups excluding carboxylic acids is 5. The number of aliphatic hydroxyl groups excluding tert-OH is 1. The van der Waals surface area contributed by atoms with Crippen LogP contribution in [0.15, 0.2) is 42.0 Å². The first-order valence-electron chi connectivity index (χ1n) is 10.7. The molecule has 1 saturated heterocycles.